The minimum absolute atomic E-state index is 0. The predicted octanol–water partition coefficient (Wildman–Crippen LogP) is 2.33. The van der Waals surface area contributed by atoms with Crippen LogP contribution in [0.2, 0.25) is 0 Å². The van der Waals surface area contributed by atoms with Crippen LogP contribution in [0, 0.1) is 0 Å². The molecule has 0 amide bonds. The summed E-state index contributed by atoms with van der Waals surface area (Å²) in [4.78, 5) is 0. The third kappa shape index (κ3) is 4.09. The molecule has 0 saturated carbocycles. The van der Waals surface area contributed by atoms with Gasteiger partial charge in [-0.05, 0) is 29.7 Å². The summed E-state index contributed by atoms with van der Waals surface area (Å²) in [5, 5.41) is 9.12. The van der Waals surface area contributed by atoms with Gasteiger partial charge in [0.1, 0.15) is 5.75 Å². The van der Waals surface area contributed by atoms with Crippen molar-refractivity contribution in [2.75, 3.05) is 0 Å². The van der Waals surface area contributed by atoms with E-state index in [9.17, 15) is 0 Å². The minimum atomic E-state index is 0. The first-order valence-corrected chi connectivity index (χ1v) is 4.66. The SMILES string of the molecule is Oc1ccc(Cc2ccccc2)cc1.[KH]. The zero-order valence-electron chi connectivity index (χ0n) is 7.85. The fourth-order valence-corrected chi connectivity index (χ4v) is 1.45. The second kappa shape index (κ2) is 6.46. The Hall–Kier alpha value is -0.124. The number of phenols is 1. The molecule has 0 aliphatic rings. The summed E-state index contributed by atoms with van der Waals surface area (Å²) in [6.07, 6.45) is 0.918. The standard InChI is InChI=1S/C13H12O.K.H/c14-13-8-6-12(7-9-13)10-11-4-2-1-3-5-11;;/h1-9,14H,10H2;;. The Bertz CT molecular complexity index is 395. The van der Waals surface area contributed by atoms with Crippen LogP contribution in [0.3, 0.4) is 0 Å². The van der Waals surface area contributed by atoms with Gasteiger partial charge in [0.15, 0.2) is 0 Å². The zero-order chi connectivity index (χ0) is 9.80. The fourth-order valence-electron chi connectivity index (χ4n) is 1.45. The van der Waals surface area contributed by atoms with E-state index in [1.807, 2.05) is 30.3 Å². The van der Waals surface area contributed by atoms with Gasteiger partial charge in [-0.15, -0.1) is 0 Å². The molecule has 2 aromatic rings. The Balaban J connectivity index is 0.00000112. The number of hydrogen-bond donors (Lipinski definition) is 1. The van der Waals surface area contributed by atoms with Crippen LogP contribution in [-0.4, -0.2) is 56.5 Å². The van der Waals surface area contributed by atoms with Crippen molar-refractivity contribution in [3.8, 4) is 5.75 Å². The quantitative estimate of drug-likeness (QED) is 0.776. The number of rotatable bonds is 2. The van der Waals surface area contributed by atoms with Crippen LogP contribution in [0.1, 0.15) is 11.1 Å². The van der Waals surface area contributed by atoms with Gasteiger partial charge < -0.3 is 5.11 Å². The second-order valence-corrected chi connectivity index (χ2v) is 3.33. The van der Waals surface area contributed by atoms with E-state index < -0.39 is 0 Å². The van der Waals surface area contributed by atoms with Crippen LogP contribution in [0.4, 0.5) is 0 Å². The molecule has 2 heteroatoms. The molecular formula is C13H13KO. The van der Waals surface area contributed by atoms with Gasteiger partial charge in [-0.3, -0.25) is 0 Å². The third-order valence-electron chi connectivity index (χ3n) is 2.19. The molecule has 0 aliphatic heterocycles. The molecule has 0 bridgehead atoms. The zero-order valence-corrected chi connectivity index (χ0v) is 7.85. The van der Waals surface area contributed by atoms with Crippen molar-refractivity contribution in [1.82, 2.24) is 0 Å². The molecule has 0 aliphatic carbocycles. The van der Waals surface area contributed by atoms with Crippen molar-refractivity contribution >= 4 is 51.4 Å². The average Bonchev–Trinajstić information content (AvgIpc) is 2.23. The van der Waals surface area contributed by atoms with Gasteiger partial charge in [0.05, 0.1) is 0 Å². The molecule has 0 atom stereocenters. The Kier molecular flexibility index (Phi) is 5.57. The molecule has 1 nitrogen and oxygen atoms in total. The molecular weight excluding hydrogens is 211 g/mol. The van der Waals surface area contributed by atoms with Gasteiger partial charge in [0.2, 0.25) is 0 Å². The molecule has 72 valence electrons. The Labute approximate surface area is 133 Å². The van der Waals surface area contributed by atoms with Crippen LogP contribution in [-0.2, 0) is 6.42 Å². The number of aromatic hydroxyl groups is 1. The second-order valence-electron chi connectivity index (χ2n) is 3.33. The predicted molar refractivity (Wildman–Crippen MR) is 64.5 cm³/mol. The van der Waals surface area contributed by atoms with E-state index in [4.69, 9.17) is 5.11 Å². The van der Waals surface area contributed by atoms with Crippen molar-refractivity contribution < 1.29 is 5.11 Å². The Morgan fingerprint density at radius 2 is 1.27 bits per heavy atom. The van der Waals surface area contributed by atoms with E-state index in [0.717, 1.165) is 6.42 Å². The van der Waals surface area contributed by atoms with Crippen LogP contribution < -0.4 is 0 Å². The van der Waals surface area contributed by atoms with E-state index in [1.165, 1.54) is 11.1 Å². The summed E-state index contributed by atoms with van der Waals surface area (Å²) < 4.78 is 0. The summed E-state index contributed by atoms with van der Waals surface area (Å²) >= 11 is 0. The molecule has 0 aromatic heterocycles. The van der Waals surface area contributed by atoms with Gasteiger partial charge in [-0.25, -0.2) is 0 Å². The van der Waals surface area contributed by atoms with E-state index in [1.54, 1.807) is 12.1 Å². The summed E-state index contributed by atoms with van der Waals surface area (Å²) in [5.41, 5.74) is 2.51. The van der Waals surface area contributed by atoms with E-state index in [-0.39, 0.29) is 51.4 Å². The van der Waals surface area contributed by atoms with Crippen LogP contribution >= 0.6 is 0 Å². The molecule has 0 saturated heterocycles. The summed E-state index contributed by atoms with van der Waals surface area (Å²) in [6.45, 7) is 0. The van der Waals surface area contributed by atoms with Gasteiger partial charge in [0.25, 0.3) is 0 Å². The van der Waals surface area contributed by atoms with Crippen molar-refractivity contribution in [3.63, 3.8) is 0 Å². The van der Waals surface area contributed by atoms with Crippen LogP contribution in [0.5, 0.6) is 5.75 Å². The van der Waals surface area contributed by atoms with Gasteiger partial charge in [-0.2, -0.15) is 0 Å². The summed E-state index contributed by atoms with van der Waals surface area (Å²) in [5.74, 6) is 0.321. The number of hydrogen-bond acceptors (Lipinski definition) is 1. The first-order chi connectivity index (χ1) is 6.84. The van der Waals surface area contributed by atoms with Crippen LogP contribution in [0.15, 0.2) is 54.6 Å². The van der Waals surface area contributed by atoms with Crippen molar-refractivity contribution in [3.05, 3.63) is 65.7 Å². The summed E-state index contributed by atoms with van der Waals surface area (Å²) in [6, 6.07) is 17.6. The average molecular weight is 224 g/mol. The Morgan fingerprint density at radius 3 is 1.87 bits per heavy atom. The van der Waals surface area contributed by atoms with Gasteiger partial charge >= 0.3 is 51.4 Å². The first-order valence-electron chi connectivity index (χ1n) is 4.66. The molecule has 15 heavy (non-hydrogen) atoms. The number of benzene rings is 2. The maximum atomic E-state index is 9.12. The van der Waals surface area contributed by atoms with Crippen molar-refractivity contribution in [2.24, 2.45) is 0 Å². The molecule has 0 unspecified atom stereocenters. The topological polar surface area (TPSA) is 20.2 Å². The van der Waals surface area contributed by atoms with E-state index >= 15 is 0 Å². The molecule has 0 fully saturated rings. The van der Waals surface area contributed by atoms with Gasteiger partial charge in [-0.1, -0.05) is 42.5 Å². The molecule has 0 radical (unpaired) electrons. The van der Waals surface area contributed by atoms with Crippen molar-refractivity contribution in [1.29, 1.82) is 0 Å². The maximum absolute atomic E-state index is 9.12. The fraction of sp³-hybridized carbons (Fsp3) is 0.0769. The first kappa shape index (κ1) is 12.9. The molecule has 1 N–H and O–H groups in total. The number of phenolic OH excluding ortho intramolecular Hbond substituents is 1. The molecule has 0 heterocycles. The Morgan fingerprint density at radius 1 is 0.733 bits per heavy atom. The molecule has 0 spiro atoms. The summed E-state index contributed by atoms with van der Waals surface area (Å²) in [7, 11) is 0. The van der Waals surface area contributed by atoms with E-state index in [2.05, 4.69) is 12.1 Å². The molecule has 2 rings (SSSR count). The van der Waals surface area contributed by atoms with Gasteiger partial charge in [0, 0.05) is 0 Å². The van der Waals surface area contributed by atoms with Crippen LogP contribution in [0.25, 0.3) is 0 Å². The van der Waals surface area contributed by atoms with E-state index in [0.29, 0.717) is 5.75 Å². The molecule has 2 aromatic carbocycles. The normalized spacial score (nSPS) is 9.33. The third-order valence-corrected chi connectivity index (χ3v) is 2.19. The monoisotopic (exact) mass is 224 g/mol. The van der Waals surface area contributed by atoms with Crippen molar-refractivity contribution in [2.45, 2.75) is 6.42 Å².